The quantitative estimate of drug-likeness (QED) is 0.818. The molecule has 0 atom stereocenters. The highest BCUT2D eigenvalue weighted by molar-refractivity contribution is 5.31. The zero-order valence-electron chi connectivity index (χ0n) is 14.9. The Kier molecular flexibility index (Phi) is 6.69. The molecule has 1 heterocycles. The van der Waals surface area contributed by atoms with Gasteiger partial charge < -0.3 is 4.90 Å². The van der Waals surface area contributed by atoms with E-state index in [1.165, 1.54) is 83.2 Å². The molecule has 0 unspecified atom stereocenters. The third kappa shape index (κ3) is 5.33. The molecule has 2 fully saturated rings. The van der Waals surface area contributed by atoms with Crippen LogP contribution in [0.25, 0.3) is 0 Å². The van der Waals surface area contributed by atoms with E-state index in [9.17, 15) is 0 Å². The molecule has 3 nitrogen and oxygen atoms in total. The molecule has 2 aliphatic rings. The van der Waals surface area contributed by atoms with E-state index in [4.69, 9.17) is 5.26 Å². The molecule has 24 heavy (non-hydrogen) atoms. The molecule has 0 bridgehead atoms. The Bertz CT molecular complexity index is 525. The van der Waals surface area contributed by atoms with Crippen LogP contribution in [0.2, 0.25) is 0 Å². The van der Waals surface area contributed by atoms with Gasteiger partial charge >= 0.3 is 0 Å². The molecular formula is C21H31N3. The van der Waals surface area contributed by atoms with Gasteiger partial charge in [-0.05, 0) is 56.1 Å². The lowest BCUT2D eigenvalue weighted by atomic mass is 9.87. The van der Waals surface area contributed by atoms with Gasteiger partial charge in [-0.2, -0.15) is 5.26 Å². The second-order valence-corrected chi connectivity index (χ2v) is 7.57. The average molecular weight is 326 g/mol. The number of nitriles is 1. The van der Waals surface area contributed by atoms with Crippen LogP contribution in [-0.4, -0.2) is 42.5 Å². The fourth-order valence-electron chi connectivity index (χ4n) is 4.19. The number of benzene rings is 1. The highest BCUT2D eigenvalue weighted by Gasteiger charge is 2.18. The molecule has 0 aromatic heterocycles. The lowest BCUT2D eigenvalue weighted by molar-refractivity contribution is 0.226. The third-order valence-electron chi connectivity index (χ3n) is 5.75. The molecule has 1 aliphatic heterocycles. The number of hydrogen-bond donors (Lipinski definition) is 0. The molecule has 3 rings (SSSR count). The van der Waals surface area contributed by atoms with Gasteiger partial charge in [0.2, 0.25) is 0 Å². The van der Waals surface area contributed by atoms with Crippen LogP contribution in [0, 0.1) is 17.2 Å². The van der Waals surface area contributed by atoms with E-state index in [1.54, 1.807) is 0 Å². The summed E-state index contributed by atoms with van der Waals surface area (Å²) in [6, 6.07) is 10.3. The Morgan fingerprint density at radius 3 is 2.33 bits per heavy atom. The molecule has 1 saturated heterocycles. The van der Waals surface area contributed by atoms with Gasteiger partial charge in [-0.1, -0.05) is 44.2 Å². The predicted octanol–water partition coefficient (Wildman–Crippen LogP) is 4.04. The highest BCUT2D eigenvalue weighted by atomic mass is 15.2. The summed E-state index contributed by atoms with van der Waals surface area (Å²) in [5.74, 6) is 0.997. The lowest BCUT2D eigenvalue weighted by Gasteiger charge is -2.26. The summed E-state index contributed by atoms with van der Waals surface area (Å²) in [6.07, 6.45) is 10.0. The molecule has 0 amide bonds. The first kappa shape index (κ1) is 17.5. The zero-order valence-corrected chi connectivity index (χ0v) is 14.9. The lowest BCUT2D eigenvalue weighted by Crippen LogP contribution is -2.32. The number of rotatable bonds is 5. The first-order valence-electron chi connectivity index (χ1n) is 9.77. The maximum atomic E-state index is 8.89. The Balaban J connectivity index is 1.41. The normalized spacial score (nSPS) is 21.3. The van der Waals surface area contributed by atoms with E-state index in [1.807, 2.05) is 12.1 Å². The Morgan fingerprint density at radius 2 is 1.58 bits per heavy atom. The molecule has 0 N–H and O–H groups in total. The SMILES string of the molecule is N#Cc1ccc(CN2CCCN(CCC3CCCCC3)CC2)cc1. The van der Waals surface area contributed by atoms with Crippen molar-refractivity contribution in [3.05, 3.63) is 35.4 Å². The maximum absolute atomic E-state index is 8.89. The van der Waals surface area contributed by atoms with Crippen molar-refractivity contribution in [1.29, 1.82) is 5.26 Å². The van der Waals surface area contributed by atoms with Crippen LogP contribution in [-0.2, 0) is 6.54 Å². The summed E-state index contributed by atoms with van der Waals surface area (Å²) in [5, 5.41) is 8.89. The smallest absolute Gasteiger partial charge is 0.0991 e. The van der Waals surface area contributed by atoms with E-state index in [2.05, 4.69) is 28.0 Å². The summed E-state index contributed by atoms with van der Waals surface area (Å²) in [5.41, 5.74) is 2.08. The number of hydrogen-bond acceptors (Lipinski definition) is 3. The van der Waals surface area contributed by atoms with Crippen LogP contribution < -0.4 is 0 Å². The van der Waals surface area contributed by atoms with Crippen LogP contribution in [0.15, 0.2) is 24.3 Å². The van der Waals surface area contributed by atoms with Crippen LogP contribution in [0.3, 0.4) is 0 Å². The van der Waals surface area contributed by atoms with Crippen LogP contribution in [0.1, 0.15) is 56.1 Å². The van der Waals surface area contributed by atoms with Crippen molar-refractivity contribution in [2.45, 2.75) is 51.5 Å². The molecule has 1 aromatic carbocycles. The predicted molar refractivity (Wildman–Crippen MR) is 98.7 cm³/mol. The minimum absolute atomic E-state index is 0.753. The van der Waals surface area contributed by atoms with Gasteiger partial charge in [0.15, 0.2) is 0 Å². The second-order valence-electron chi connectivity index (χ2n) is 7.57. The summed E-state index contributed by atoms with van der Waals surface area (Å²) < 4.78 is 0. The van der Waals surface area contributed by atoms with Crippen molar-refractivity contribution >= 4 is 0 Å². The van der Waals surface area contributed by atoms with E-state index < -0.39 is 0 Å². The maximum Gasteiger partial charge on any atom is 0.0991 e. The van der Waals surface area contributed by atoms with E-state index >= 15 is 0 Å². The molecule has 1 aromatic rings. The van der Waals surface area contributed by atoms with Gasteiger partial charge in [0, 0.05) is 19.6 Å². The first-order chi connectivity index (χ1) is 11.8. The van der Waals surface area contributed by atoms with Crippen molar-refractivity contribution in [3.63, 3.8) is 0 Å². The van der Waals surface area contributed by atoms with Crippen molar-refractivity contribution in [1.82, 2.24) is 9.80 Å². The van der Waals surface area contributed by atoms with Crippen LogP contribution >= 0.6 is 0 Å². The molecule has 130 valence electrons. The first-order valence-corrected chi connectivity index (χ1v) is 9.77. The van der Waals surface area contributed by atoms with Crippen LogP contribution in [0.5, 0.6) is 0 Å². The van der Waals surface area contributed by atoms with Crippen LogP contribution in [0.4, 0.5) is 0 Å². The average Bonchev–Trinajstić information content (AvgIpc) is 2.87. The van der Waals surface area contributed by atoms with Gasteiger partial charge in [-0.15, -0.1) is 0 Å². The molecule has 0 radical (unpaired) electrons. The molecular weight excluding hydrogens is 294 g/mol. The summed E-state index contributed by atoms with van der Waals surface area (Å²) in [4.78, 5) is 5.26. The largest absolute Gasteiger partial charge is 0.302 e. The summed E-state index contributed by atoms with van der Waals surface area (Å²) >= 11 is 0. The minimum atomic E-state index is 0.753. The zero-order chi connectivity index (χ0) is 16.6. The summed E-state index contributed by atoms with van der Waals surface area (Å²) in [7, 11) is 0. The van der Waals surface area contributed by atoms with E-state index in [0.717, 1.165) is 18.0 Å². The van der Waals surface area contributed by atoms with Crippen molar-refractivity contribution in [3.8, 4) is 6.07 Å². The van der Waals surface area contributed by atoms with Crippen molar-refractivity contribution in [2.24, 2.45) is 5.92 Å². The molecule has 3 heteroatoms. The standard InChI is InChI=1S/C21H31N3/c22-17-20-7-9-21(10-8-20)18-24-13-4-12-23(15-16-24)14-11-19-5-2-1-3-6-19/h7-10,19H,1-6,11-16,18H2. The van der Waals surface area contributed by atoms with E-state index in [0.29, 0.717) is 0 Å². The number of nitrogens with zero attached hydrogens (tertiary/aromatic N) is 3. The second kappa shape index (κ2) is 9.20. The monoisotopic (exact) mass is 325 g/mol. The highest BCUT2D eigenvalue weighted by Crippen LogP contribution is 2.26. The van der Waals surface area contributed by atoms with Crippen molar-refractivity contribution < 1.29 is 0 Å². The molecule has 0 spiro atoms. The minimum Gasteiger partial charge on any atom is -0.302 e. The Labute approximate surface area is 147 Å². The topological polar surface area (TPSA) is 30.3 Å². The Hall–Kier alpha value is -1.37. The van der Waals surface area contributed by atoms with E-state index in [-0.39, 0.29) is 0 Å². The van der Waals surface area contributed by atoms with Gasteiger partial charge in [0.25, 0.3) is 0 Å². The van der Waals surface area contributed by atoms with Gasteiger partial charge in [0.05, 0.1) is 11.6 Å². The fraction of sp³-hybridized carbons (Fsp3) is 0.667. The van der Waals surface area contributed by atoms with Gasteiger partial charge in [-0.3, -0.25) is 4.90 Å². The van der Waals surface area contributed by atoms with Gasteiger partial charge in [-0.25, -0.2) is 0 Å². The summed E-state index contributed by atoms with van der Waals surface area (Å²) in [6.45, 7) is 7.15. The fourth-order valence-corrected chi connectivity index (χ4v) is 4.19. The third-order valence-corrected chi connectivity index (χ3v) is 5.75. The van der Waals surface area contributed by atoms with Crippen molar-refractivity contribution in [2.75, 3.05) is 32.7 Å². The molecule has 1 aliphatic carbocycles. The Morgan fingerprint density at radius 1 is 0.875 bits per heavy atom. The molecule has 1 saturated carbocycles. The van der Waals surface area contributed by atoms with Gasteiger partial charge in [0.1, 0.15) is 0 Å².